The molecule has 1 aliphatic rings. The van der Waals surface area contributed by atoms with Crippen molar-refractivity contribution < 1.29 is 59.3 Å². The van der Waals surface area contributed by atoms with E-state index in [2.05, 4.69) is 5.32 Å². The molecule has 0 aliphatic carbocycles. The Kier molecular flexibility index (Phi) is 8.79. The molecule has 0 saturated heterocycles. The number of alkyl halides is 6. The van der Waals surface area contributed by atoms with E-state index in [0.717, 1.165) is 24.3 Å². The van der Waals surface area contributed by atoms with Gasteiger partial charge in [0.2, 0.25) is 5.91 Å². The molecule has 0 spiro atoms. The number of nitrogens with zero attached hydrogens (tertiary/aromatic N) is 1. The molecular weight excluding hydrogens is 577 g/mol. The first-order valence-electron chi connectivity index (χ1n) is 11.7. The summed E-state index contributed by atoms with van der Waals surface area (Å²) in [7, 11) is -4.66. The second kappa shape index (κ2) is 11.1. The number of rotatable bonds is 8. The van der Waals surface area contributed by atoms with E-state index in [0.29, 0.717) is 22.5 Å². The Morgan fingerprint density at radius 3 is 2.15 bits per heavy atom. The highest BCUT2D eigenvalue weighted by Gasteiger charge is 2.71. The van der Waals surface area contributed by atoms with Gasteiger partial charge < -0.3 is 20.6 Å². The predicted molar refractivity (Wildman–Crippen MR) is 126 cm³/mol. The highest BCUT2D eigenvalue weighted by molar-refractivity contribution is 7.92. The molecule has 1 amide bonds. The van der Waals surface area contributed by atoms with Gasteiger partial charge in [-0.3, -0.25) is 9.10 Å². The van der Waals surface area contributed by atoms with Crippen molar-refractivity contribution in [2.45, 2.75) is 67.2 Å². The van der Waals surface area contributed by atoms with Crippen molar-refractivity contribution in [3.05, 3.63) is 59.4 Å². The average molecular weight is 603 g/mol. The number of aliphatic hydroxyl groups is 3. The van der Waals surface area contributed by atoms with Crippen LogP contribution in [0.3, 0.4) is 0 Å². The molecule has 0 saturated carbocycles. The number of amides is 1. The van der Waals surface area contributed by atoms with Crippen LogP contribution in [0, 0.1) is 5.82 Å². The van der Waals surface area contributed by atoms with E-state index in [-0.39, 0.29) is 24.1 Å². The fourth-order valence-corrected chi connectivity index (χ4v) is 6.10. The Bertz CT molecular complexity index is 1320. The highest BCUT2D eigenvalue weighted by Crippen LogP contribution is 2.51. The van der Waals surface area contributed by atoms with Gasteiger partial charge in [0.15, 0.2) is 0 Å². The number of benzene rings is 2. The van der Waals surface area contributed by atoms with Gasteiger partial charge in [-0.1, -0.05) is 12.1 Å². The number of carbonyl (C=O) groups excluding carboxylic acids is 1. The first-order chi connectivity index (χ1) is 18.3. The fourth-order valence-electron chi connectivity index (χ4n) is 4.38. The minimum atomic E-state index is -6.16. The second-order valence-corrected chi connectivity index (χ2v) is 11.1. The van der Waals surface area contributed by atoms with Crippen molar-refractivity contribution in [3.8, 4) is 0 Å². The number of hydrogen-bond donors (Lipinski definition) is 4. The third-order valence-corrected chi connectivity index (χ3v) is 8.43. The molecular formula is C24H25F7N2O6S. The lowest BCUT2D eigenvalue weighted by atomic mass is 9.87. The van der Waals surface area contributed by atoms with E-state index in [1.807, 2.05) is 0 Å². The van der Waals surface area contributed by atoms with Gasteiger partial charge in [0.05, 0.1) is 35.4 Å². The predicted octanol–water partition coefficient (Wildman–Crippen LogP) is 2.90. The number of anilines is 1. The van der Waals surface area contributed by atoms with Gasteiger partial charge in [-0.05, 0) is 55.7 Å². The summed E-state index contributed by atoms with van der Waals surface area (Å²) >= 11 is 0. The molecule has 3 rings (SSSR count). The summed E-state index contributed by atoms with van der Waals surface area (Å²) < 4.78 is 122. The van der Waals surface area contributed by atoms with Crippen molar-refractivity contribution in [2.24, 2.45) is 0 Å². The molecule has 0 radical (unpaired) electrons. The minimum absolute atomic E-state index is 0.251. The van der Waals surface area contributed by atoms with Crippen molar-refractivity contribution in [1.29, 1.82) is 0 Å². The van der Waals surface area contributed by atoms with Crippen LogP contribution in [0.5, 0.6) is 0 Å². The number of sulfonamides is 1. The molecule has 16 heteroatoms. The number of fused-ring (bicyclic) bond motifs is 1. The summed E-state index contributed by atoms with van der Waals surface area (Å²) in [6.45, 7) is 0.628. The number of hydrogen-bond acceptors (Lipinski definition) is 6. The van der Waals surface area contributed by atoms with Gasteiger partial charge in [-0.25, -0.2) is 12.8 Å². The van der Waals surface area contributed by atoms with Crippen LogP contribution in [0.15, 0.2) is 47.4 Å². The van der Waals surface area contributed by atoms with Crippen molar-refractivity contribution in [3.63, 3.8) is 0 Å². The highest BCUT2D eigenvalue weighted by atomic mass is 32.2. The third-order valence-electron chi connectivity index (χ3n) is 6.55. The summed E-state index contributed by atoms with van der Waals surface area (Å²) in [5.41, 5.74) is -7.46. The summed E-state index contributed by atoms with van der Waals surface area (Å²) in [5, 5.41) is 31.1. The lowest BCUT2D eigenvalue weighted by Gasteiger charge is -2.39. The van der Waals surface area contributed by atoms with Crippen LogP contribution in [0.25, 0.3) is 0 Å². The van der Waals surface area contributed by atoms with Gasteiger partial charge in [0, 0.05) is 12.0 Å². The maximum Gasteiger partial charge on any atom is 0.430 e. The largest absolute Gasteiger partial charge is 0.430 e. The third kappa shape index (κ3) is 5.89. The van der Waals surface area contributed by atoms with E-state index in [4.69, 9.17) is 0 Å². The van der Waals surface area contributed by atoms with Crippen LogP contribution in [-0.2, 0) is 26.8 Å². The quantitative estimate of drug-likeness (QED) is 0.345. The maximum absolute atomic E-state index is 13.6. The zero-order chi connectivity index (χ0) is 30.3. The number of nitrogens with one attached hydrogen (secondary N) is 1. The Balaban J connectivity index is 2.13. The Morgan fingerprint density at radius 2 is 1.65 bits per heavy atom. The summed E-state index contributed by atoms with van der Waals surface area (Å²) in [4.78, 5) is 12.2. The number of carbonyl (C=O) groups is 1. The zero-order valence-electron chi connectivity index (χ0n) is 20.7. The lowest BCUT2D eigenvalue weighted by Crippen LogP contribution is -2.54. The number of aliphatic hydroxyl groups excluding tert-OH is 2. The van der Waals surface area contributed by atoms with Crippen molar-refractivity contribution in [2.75, 3.05) is 10.9 Å². The van der Waals surface area contributed by atoms with E-state index in [1.165, 1.54) is 6.92 Å². The topological polar surface area (TPSA) is 127 Å². The average Bonchev–Trinajstić information content (AvgIpc) is 2.84. The van der Waals surface area contributed by atoms with Crippen LogP contribution >= 0.6 is 0 Å². The number of halogens is 7. The fraction of sp³-hybridized carbons (Fsp3) is 0.458. The van der Waals surface area contributed by atoms with Crippen LogP contribution in [-0.4, -0.2) is 66.8 Å². The van der Waals surface area contributed by atoms with Crippen molar-refractivity contribution >= 4 is 21.6 Å². The first-order valence-corrected chi connectivity index (χ1v) is 13.2. The lowest BCUT2D eigenvalue weighted by molar-refractivity contribution is -0.376. The van der Waals surface area contributed by atoms with E-state index >= 15 is 0 Å². The maximum atomic E-state index is 13.6. The normalized spacial score (nSPS) is 18.2. The molecule has 2 aromatic rings. The van der Waals surface area contributed by atoms with Gasteiger partial charge in [-0.15, -0.1) is 0 Å². The molecule has 3 unspecified atom stereocenters. The van der Waals surface area contributed by atoms with Gasteiger partial charge in [0.1, 0.15) is 5.82 Å². The molecule has 0 aromatic heterocycles. The number of aryl methyl sites for hydroxylation is 1. The molecule has 40 heavy (non-hydrogen) atoms. The smallest absolute Gasteiger partial charge is 0.394 e. The van der Waals surface area contributed by atoms with E-state index in [9.17, 15) is 59.3 Å². The summed E-state index contributed by atoms with van der Waals surface area (Å²) in [6, 6.07) is 2.50. The molecule has 4 N–H and O–H groups in total. The van der Waals surface area contributed by atoms with Gasteiger partial charge in [-0.2, -0.15) is 26.3 Å². The van der Waals surface area contributed by atoms with Crippen LogP contribution in [0.1, 0.15) is 30.9 Å². The van der Waals surface area contributed by atoms with E-state index in [1.54, 1.807) is 0 Å². The minimum Gasteiger partial charge on any atom is -0.394 e. The molecule has 0 bridgehead atoms. The van der Waals surface area contributed by atoms with Crippen LogP contribution in [0.4, 0.5) is 36.4 Å². The Morgan fingerprint density at radius 1 is 1.07 bits per heavy atom. The van der Waals surface area contributed by atoms with Gasteiger partial charge in [0.25, 0.3) is 15.6 Å². The molecule has 0 fully saturated rings. The monoisotopic (exact) mass is 602 g/mol. The molecule has 222 valence electrons. The first kappa shape index (κ1) is 31.6. The molecule has 1 aliphatic heterocycles. The van der Waals surface area contributed by atoms with Crippen LogP contribution < -0.4 is 9.62 Å². The van der Waals surface area contributed by atoms with Crippen LogP contribution in [0.2, 0.25) is 0 Å². The molecule has 2 aromatic carbocycles. The molecule has 8 nitrogen and oxygen atoms in total. The van der Waals surface area contributed by atoms with E-state index < -0.39 is 81.4 Å². The Labute approximate surface area is 224 Å². The standard InChI is InChI=1S/C24H25F7N2O6S/c1-13(35)19(12-34)32-21(36)11-17-6-2-14-10-15(22(37,23(26,27)28)24(29,30)31)3-9-20(14)33(17)40(38,39)18-7-4-16(25)5-8-18/h3-5,7-10,13,17,19,34-35,37H,2,6,11-12H2,1H3,(H,32,36). The molecule has 3 atom stereocenters. The van der Waals surface area contributed by atoms with Gasteiger partial charge >= 0.3 is 12.4 Å². The summed E-state index contributed by atoms with van der Waals surface area (Å²) in [6.07, 6.45) is -14.6. The summed E-state index contributed by atoms with van der Waals surface area (Å²) in [5.74, 6) is -1.60. The SMILES string of the molecule is CC(O)C(CO)NC(=O)CC1CCc2cc(C(O)(C(F)(F)F)C(F)(F)F)ccc2N1S(=O)(=O)c1ccc(F)cc1. The Hall–Kier alpha value is -2.95. The zero-order valence-corrected chi connectivity index (χ0v) is 21.5. The molecule has 1 heterocycles. The van der Waals surface area contributed by atoms with Crippen molar-refractivity contribution in [1.82, 2.24) is 5.32 Å². The second-order valence-electron chi connectivity index (χ2n) is 9.30.